The minimum atomic E-state index is -0.649. The van der Waals surface area contributed by atoms with Crippen LogP contribution in [0.3, 0.4) is 0 Å². The summed E-state index contributed by atoms with van der Waals surface area (Å²) in [5, 5.41) is 25.1. The van der Waals surface area contributed by atoms with Crippen LogP contribution in [-0.4, -0.2) is 59.2 Å². The zero-order chi connectivity index (χ0) is 23.0. The van der Waals surface area contributed by atoms with Crippen LogP contribution >= 0.6 is 0 Å². The lowest BCUT2D eigenvalue weighted by molar-refractivity contribution is -0.384. The summed E-state index contributed by atoms with van der Waals surface area (Å²) in [6.45, 7) is 9.03. The first-order chi connectivity index (χ1) is 15.2. The Hall–Kier alpha value is -2.97. The second-order valence-electron chi connectivity index (χ2n) is 8.89. The van der Waals surface area contributed by atoms with Gasteiger partial charge in [-0.05, 0) is 48.6 Å². The molecular weight excluding hydrogens is 408 g/mol. The lowest BCUT2D eigenvalue weighted by Crippen LogP contribution is -2.56. The summed E-state index contributed by atoms with van der Waals surface area (Å²) in [6.07, 6.45) is 0.239. The molecule has 1 fully saturated rings. The first kappa shape index (κ1) is 22.2. The molecule has 0 spiro atoms. The fourth-order valence-corrected chi connectivity index (χ4v) is 5.00. The summed E-state index contributed by atoms with van der Waals surface area (Å²) in [6, 6.07) is 9.69. The molecule has 2 atom stereocenters. The van der Waals surface area contributed by atoms with Crippen LogP contribution in [0.2, 0.25) is 0 Å². The third-order valence-corrected chi connectivity index (χ3v) is 6.66. The molecule has 2 aliphatic rings. The minimum absolute atomic E-state index is 0.0464. The largest absolute Gasteiger partial charge is 0.391 e. The van der Waals surface area contributed by atoms with Gasteiger partial charge in [0.25, 0.3) is 5.69 Å². The lowest BCUT2D eigenvalue weighted by atomic mass is 9.83. The summed E-state index contributed by atoms with van der Waals surface area (Å²) in [5.41, 5.74) is 5.49. The van der Waals surface area contributed by atoms with E-state index in [1.807, 2.05) is 0 Å². The molecule has 8 heteroatoms. The Morgan fingerprint density at radius 1 is 1.12 bits per heavy atom. The number of rotatable bonds is 4. The van der Waals surface area contributed by atoms with Gasteiger partial charge in [0.1, 0.15) is 5.69 Å². The van der Waals surface area contributed by atoms with Gasteiger partial charge in [0, 0.05) is 57.3 Å². The molecule has 8 nitrogen and oxygen atoms in total. The zero-order valence-electron chi connectivity index (χ0n) is 18.8. The Morgan fingerprint density at radius 3 is 2.50 bits per heavy atom. The highest BCUT2D eigenvalue weighted by Crippen LogP contribution is 2.37. The molecule has 170 valence electrons. The molecule has 1 amide bonds. The normalized spacial score (nSPS) is 21.2. The van der Waals surface area contributed by atoms with Crippen molar-refractivity contribution >= 4 is 23.0 Å². The van der Waals surface area contributed by atoms with E-state index in [9.17, 15) is 20.0 Å². The van der Waals surface area contributed by atoms with Crippen LogP contribution < -0.4 is 10.2 Å². The van der Waals surface area contributed by atoms with E-state index in [4.69, 9.17) is 0 Å². The fraction of sp³-hybridized carbons (Fsp3) is 0.458. The van der Waals surface area contributed by atoms with Crippen LogP contribution in [0.4, 0.5) is 17.1 Å². The van der Waals surface area contributed by atoms with Crippen molar-refractivity contribution in [3.63, 3.8) is 0 Å². The number of nitro benzene ring substituents is 1. The van der Waals surface area contributed by atoms with Gasteiger partial charge in [-0.2, -0.15) is 0 Å². The van der Waals surface area contributed by atoms with Crippen molar-refractivity contribution in [3.8, 4) is 0 Å². The monoisotopic (exact) mass is 438 g/mol. The maximum absolute atomic E-state index is 11.7. The van der Waals surface area contributed by atoms with Crippen molar-refractivity contribution in [1.82, 2.24) is 4.90 Å². The van der Waals surface area contributed by atoms with Crippen molar-refractivity contribution < 1.29 is 14.8 Å². The molecule has 1 heterocycles. The van der Waals surface area contributed by atoms with Gasteiger partial charge in [0.05, 0.1) is 11.0 Å². The van der Waals surface area contributed by atoms with Crippen molar-refractivity contribution in [1.29, 1.82) is 0 Å². The Labute approximate surface area is 188 Å². The van der Waals surface area contributed by atoms with Gasteiger partial charge in [-0.15, -0.1) is 0 Å². The topological polar surface area (TPSA) is 98.9 Å². The number of carbonyl (C=O) groups is 1. The Kier molecular flexibility index (Phi) is 6.17. The number of carbonyl (C=O) groups excluding carboxylic acids is 1. The van der Waals surface area contributed by atoms with Gasteiger partial charge >= 0.3 is 0 Å². The maximum Gasteiger partial charge on any atom is 0.293 e. The van der Waals surface area contributed by atoms with Gasteiger partial charge in [0.2, 0.25) is 5.91 Å². The van der Waals surface area contributed by atoms with Gasteiger partial charge in [-0.1, -0.05) is 18.2 Å². The molecule has 1 saturated heterocycles. The van der Waals surface area contributed by atoms with E-state index < -0.39 is 11.0 Å². The molecule has 2 N–H and O–H groups in total. The highest BCUT2D eigenvalue weighted by Gasteiger charge is 2.36. The third-order valence-electron chi connectivity index (χ3n) is 6.66. The highest BCUT2D eigenvalue weighted by atomic mass is 16.6. The van der Waals surface area contributed by atoms with Crippen LogP contribution in [0, 0.1) is 24.0 Å². The Morgan fingerprint density at radius 2 is 1.84 bits per heavy atom. The fourth-order valence-electron chi connectivity index (χ4n) is 5.00. The van der Waals surface area contributed by atoms with Crippen LogP contribution in [0.1, 0.15) is 29.2 Å². The summed E-state index contributed by atoms with van der Waals surface area (Å²) < 4.78 is 0. The third kappa shape index (κ3) is 4.33. The average molecular weight is 439 g/mol. The van der Waals surface area contributed by atoms with Gasteiger partial charge in [0.15, 0.2) is 0 Å². The molecule has 0 bridgehead atoms. The number of nitro groups is 1. The maximum atomic E-state index is 11.7. The highest BCUT2D eigenvalue weighted by molar-refractivity contribution is 5.93. The summed E-state index contributed by atoms with van der Waals surface area (Å²) in [4.78, 5) is 27.3. The minimum Gasteiger partial charge on any atom is -0.391 e. The number of amides is 1. The number of aryl methyl sites for hydroxylation is 2. The molecule has 2 unspecified atom stereocenters. The summed E-state index contributed by atoms with van der Waals surface area (Å²) >= 11 is 0. The number of hydrogen-bond acceptors (Lipinski definition) is 6. The van der Waals surface area contributed by atoms with Crippen molar-refractivity contribution in [2.24, 2.45) is 0 Å². The van der Waals surface area contributed by atoms with Crippen LogP contribution in [-0.2, 0) is 17.6 Å². The molecule has 4 rings (SSSR count). The van der Waals surface area contributed by atoms with Gasteiger partial charge in [-0.25, -0.2) is 0 Å². The zero-order valence-corrected chi connectivity index (χ0v) is 18.8. The van der Waals surface area contributed by atoms with E-state index in [0.29, 0.717) is 12.0 Å². The van der Waals surface area contributed by atoms with E-state index >= 15 is 0 Å². The van der Waals surface area contributed by atoms with E-state index in [0.717, 1.165) is 31.7 Å². The first-order valence-electron chi connectivity index (χ1n) is 11.1. The van der Waals surface area contributed by atoms with Crippen molar-refractivity contribution in [2.45, 2.75) is 45.8 Å². The van der Waals surface area contributed by atoms with E-state index in [-0.39, 0.29) is 29.7 Å². The SMILES string of the molecule is CC(=O)Nc1c([N+](=O)[O-])ccc2c1CC(O)C(N1CCN(c3cc(C)ccc3C)CC1)C2. The predicted molar refractivity (Wildman–Crippen MR) is 124 cm³/mol. The second kappa shape index (κ2) is 8.88. The molecule has 0 saturated carbocycles. The number of nitrogens with zero attached hydrogens (tertiary/aromatic N) is 3. The van der Waals surface area contributed by atoms with Crippen LogP contribution in [0.15, 0.2) is 30.3 Å². The van der Waals surface area contributed by atoms with E-state index in [1.165, 1.54) is 29.8 Å². The summed E-state index contributed by atoms with van der Waals surface area (Å²) in [5.74, 6) is -0.360. The van der Waals surface area contributed by atoms with Crippen molar-refractivity contribution in [3.05, 3.63) is 62.7 Å². The van der Waals surface area contributed by atoms with Crippen LogP contribution in [0.25, 0.3) is 0 Å². The van der Waals surface area contributed by atoms with E-state index in [1.54, 1.807) is 6.07 Å². The Bertz CT molecular complexity index is 1050. The molecule has 2 aromatic carbocycles. The Balaban J connectivity index is 1.52. The predicted octanol–water partition coefficient (Wildman–Crippen LogP) is 2.82. The van der Waals surface area contributed by atoms with Gasteiger partial charge < -0.3 is 15.3 Å². The van der Waals surface area contributed by atoms with E-state index in [2.05, 4.69) is 47.2 Å². The standard InChI is InChI=1S/C24H30N4O4/c1-15-4-5-16(2)21(12-15)26-8-10-27(11-9-26)22-13-18-6-7-20(28(31)32)24(25-17(3)29)19(18)14-23(22)30/h4-7,12,22-23,30H,8-11,13-14H2,1-3H3,(H,25,29). The molecule has 1 aliphatic heterocycles. The molecule has 1 aliphatic carbocycles. The first-order valence-corrected chi connectivity index (χ1v) is 11.1. The number of aliphatic hydroxyl groups excluding tert-OH is 1. The lowest BCUT2D eigenvalue weighted by Gasteiger charge is -2.44. The number of fused-ring (bicyclic) bond motifs is 1. The number of piperazine rings is 1. The van der Waals surface area contributed by atoms with Crippen molar-refractivity contribution in [2.75, 3.05) is 36.4 Å². The summed E-state index contributed by atoms with van der Waals surface area (Å²) in [7, 11) is 0. The number of aliphatic hydroxyl groups is 1. The number of benzene rings is 2. The quantitative estimate of drug-likeness (QED) is 0.563. The average Bonchev–Trinajstić information content (AvgIpc) is 2.75. The smallest absolute Gasteiger partial charge is 0.293 e. The number of nitrogens with one attached hydrogen (secondary N) is 1. The molecule has 0 radical (unpaired) electrons. The molecule has 32 heavy (non-hydrogen) atoms. The molecular formula is C24H30N4O4. The number of hydrogen-bond donors (Lipinski definition) is 2. The number of anilines is 2. The van der Waals surface area contributed by atoms with Gasteiger partial charge in [-0.3, -0.25) is 19.8 Å². The molecule has 0 aromatic heterocycles. The molecule has 2 aromatic rings. The van der Waals surface area contributed by atoms with Crippen LogP contribution in [0.5, 0.6) is 0 Å². The second-order valence-corrected chi connectivity index (χ2v) is 8.89.